The summed E-state index contributed by atoms with van der Waals surface area (Å²) in [4.78, 5) is 36.0. The molecule has 0 fully saturated rings. The molecule has 7 nitrogen and oxygen atoms in total. The van der Waals surface area contributed by atoms with Gasteiger partial charge in [-0.25, -0.2) is 0 Å². The Morgan fingerprint density at radius 2 is 1.78 bits per heavy atom. The Kier molecular flexibility index (Phi) is 9.27. The summed E-state index contributed by atoms with van der Waals surface area (Å²) in [7, 11) is 0. The molecule has 0 bridgehead atoms. The zero-order chi connectivity index (χ0) is 26.2. The first-order chi connectivity index (χ1) is 17.2. The number of ether oxygens (including phenoxy) is 1. The highest BCUT2D eigenvalue weighted by molar-refractivity contribution is 9.10. The molecule has 0 aliphatic heterocycles. The predicted molar refractivity (Wildman–Crippen MR) is 145 cm³/mol. The largest absolute Gasteiger partial charge is 0.490 e. The number of carbonyl (C=O) groups excluding carboxylic acids is 2. The van der Waals surface area contributed by atoms with Crippen LogP contribution in [0.5, 0.6) is 5.75 Å². The Bertz CT molecular complexity index is 1330. The van der Waals surface area contributed by atoms with Crippen LogP contribution in [0.4, 0.5) is 17.1 Å². The smallest absolute Gasteiger partial charge is 0.303 e. The van der Waals surface area contributed by atoms with Crippen LogP contribution in [0.25, 0.3) is 0 Å². The van der Waals surface area contributed by atoms with Gasteiger partial charge in [0, 0.05) is 27.7 Å². The van der Waals surface area contributed by atoms with E-state index in [0.29, 0.717) is 40.5 Å². The molecule has 1 amide bonds. The van der Waals surface area contributed by atoms with Crippen molar-refractivity contribution >= 4 is 62.3 Å². The molecular formula is C27H24BrClN2O5. The highest BCUT2D eigenvalue weighted by atomic mass is 79.9. The first-order valence-electron chi connectivity index (χ1n) is 10.9. The molecular weight excluding hydrogens is 548 g/mol. The number of rotatable bonds is 11. The maximum atomic E-state index is 13.1. The summed E-state index contributed by atoms with van der Waals surface area (Å²) in [6.07, 6.45) is 1.23. The molecule has 0 unspecified atom stereocenters. The number of halogens is 2. The normalized spacial score (nSPS) is 10.4. The number of nitrogens with one attached hydrogen (secondary N) is 2. The van der Waals surface area contributed by atoms with Crippen LogP contribution in [0.1, 0.15) is 34.3 Å². The second kappa shape index (κ2) is 12.4. The number of ketones is 1. The maximum Gasteiger partial charge on any atom is 0.303 e. The van der Waals surface area contributed by atoms with Crippen LogP contribution in [-0.2, 0) is 9.59 Å². The second-order valence-electron chi connectivity index (χ2n) is 7.86. The predicted octanol–water partition coefficient (Wildman–Crippen LogP) is 6.75. The minimum absolute atomic E-state index is 0.148. The highest BCUT2D eigenvalue weighted by Crippen LogP contribution is 2.32. The van der Waals surface area contributed by atoms with Gasteiger partial charge < -0.3 is 20.5 Å². The van der Waals surface area contributed by atoms with Crippen LogP contribution >= 0.6 is 27.5 Å². The minimum atomic E-state index is -1.05. The Morgan fingerprint density at radius 3 is 2.44 bits per heavy atom. The number of amides is 1. The molecule has 3 aromatic carbocycles. The first kappa shape index (κ1) is 27.0. The van der Waals surface area contributed by atoms with Gasteiger partial charge in [0.2, 0.25) is 5.91 Å². The van der Waals surface area contributed by atoms with Gasteiger partial charge in [-0.3, -0.25) is 14.4 Å². The van der Waals surface area contributed by atoms with Crippen molar-refractivity contribution in [2.24, 2.45) is 0 Å². The molecule has 0 aliphatic carbocycles. The van der Waals surface area contributed by atoms with Crippen molar-refractivity contribution in [3.05, 3.63) is 93.4 Å². The van der Waals surface area contributed by atoms with E-state index in [2.05, 4.69) is 33.1 Å². The third kappa shape index (κ3) is 7.19. The van der Waals surface area contributed by atoms with E-state index in [9.17, 15) is 14.4 Å². The summed E-state index contributed by atoms with van der Waals surface area (Å²) in [6.45, 7) is 5.83. The fourth-order valence-electron chi connectivity index (χ4n) is 3.38. The molecule has 3 rings (SSSR count). The molecule has 0 atom stereocenters. The van der Waals surface area contributed by atoms with Crippen LogP contribution in [0.3, 0.4) is 0 Å². The van der Waals surface area contributed by atoms with Crippen LogP contribution in [0.2, 0.25) is 5.02 Å². The van der Waals surface area contributed by atoms with E-state index < -0.39 is 11.9 Å². The molecule has 186 valence electrons. The number of hydrogen-bond acceptors (Lipinski definition) is 5. The lowest BCUT2D eigenvalue weighted by Crippen LogP contribution is -2.14. The van der Waals surface area contributed by atoms with E-state index in [1.54, 1.807) is 60.7 Å². The van der Waals surface area contributed by atoms with Crippen molar-refractivity contribution in [3.8, 4) is 5.75 Å². The molecule has 36 heavy (non-hydrogen) atoms. The van der Waals surface area contributed by atoms with Gasteiger partial charge in [0.05, 0.1) is 22.8 Å². The van der Waals surface area contributed by atoms with Crippen LogP contribution in [-0.4, -0.2) is 29.4 Å². The summed E-state index contributed by atoms with van der Waals surface area (Å²) < 4.78 is 6.25. The van der Waals surface area contributed by atoms with Gasteiger partial charge in [-0.05, 0) is 67.1 Å². The summed E-state index contributed by atoms with van der Waals surface area (Å²) in [5.41, 5.74) is 3.27. The molecule has 0 spiro atoms. The summed E-state index contributed by atoms with van der Waals surface area (Å²) in [5, 5.41) is 15.0. The minimum Gasteiger partial charge on any atom is -0.490 e. The second-order valence-corrected chi connectivity index (χ2v) is 9.18. The van der Waals surface area contributed by atoms with Crippen molar-refractivity contribution in [1.29, 1.82) is 0 Å². The zero-order valence-electron chi connectivity index (χ0n) is 19.4. The highest BCUT2D eigenvalue weighted by Gasteiger charge is 2.17. The summed E-state index contributed by atoms with van der Waals surface area (Å²) in [6, 6.07) is 15.5. The SMILES string of the molecule is C=CCOc1ccc(C(=O)c2ccc(Nc3ccc(Br)cc3NC(=O)CCC(=O)O)cc2Cl)c(C)c1. The van der Waals surface area contributed by atoms with Gasteiger partial charge in [0.15, 0.2) is 5.78 Å². The molecule has 0 aromatic heterocycles. The third-order valence-electron chi connectivity index (χ3n) is 5.12. The average Bonchev–Trinajstić information content (AvgIpc) is 2.83. The Balaban J connectivity index is 1.79. The molecule has 9 heteroatoms. The molecule has 3 N–H and O–H groups in total. The van der Waals surface area contributed by atoms with E-state index in [-0.39, 0.29) is 23.6 Å². The molecule has 0 saturated heterocycles. The van der Waals surface area contributed by atoms with E-state index >= 15 is 0 Å². The Hall–Kier alpha value is -3.62. The lowest BCUT2D eigenvalue weighted by atomic mass is 9.98. The van der Waals surface area contributed by atoms with Crippen molar-refractivity contribution in [2.45, 2.75) is 19.8 Å². The van der Waals surface area contributed by atoms with Gasteiger partial charge in [-0.2, -0.15) is 0 Å². The number of carboxylic acids is 1. The van der Waals surface area contributed by atoms with Gasteiger partial charge in [0.25, 0.3) is 0 Å². The third-order valence-corrected chi connectivity index (χ3v) is 5.93. The number of carbonyl (C=O) groups is 3. The fourth-order valence-corrected chi connectivity index (χ4v) is 4.00. The zero-order valence-corrected chi connectivity index (χ0v) is 21.8. The van der Waals surface area contributed by atoms with Crippen LogP contribution in [0, 0.1) is 6.92 Å². The number of aryl methyl sites for hydroxylation is 1. The summed E-state index contributed by atoms with van der Waals surface area (Å²) >= 11 is 9.85. The lowest BCUT2D eigenvalue weighted by Gasteiger charge is -2.15. The van der Waals surface area contributed by atoms with Gasteiger partial charge >= 0.3 is 5.97 Å². The lowest BCUT2D eigenvalue weighted by molar-refractivity contribution is -0.138. The number of benzene rings is 3. The van der Waals surface area contributed by atoms with Crippen molar-refractivity contribution in [1.82, 2.24) is 0 Å². The fraction of sp³-hybridized carbons (Fsp3) is 0.148. The Morgan fingerprint density at radius 1 is 1.03 bits per heavy atom. The Labute approximate surface area is 222 Å². The quantitative estimate of drug-likeness (QED) is 0.174. The van der Waals surface area contributed by atoms with Crippen molar-refractivity contribution < 1.29 is 24.2 Å². The maximum absolute atomic E-state index is 13.1. The van der Waals surface area contributed by atoms with Gasteiger partial charge in [0.1, 0.15) is 12.4 Å². The average molecular weight is 572 g/mol. The number of aliphatic carboxylic acids is 1. The van der Waals surface area contributed by atoms with E-state index in [0.717, 1.165) is 10.0 Å². The van der Waals surface area contributed by atoms with Crippen LogP contribution in [0.15, 0.2) is 71.7 Å². The van der Waals surface area contributed by atoms with Crippen molar-refractivity contribution in [3.63, 3.8) is 0 Å². The standard InChI is InChI=1S/C27H24BrClN2O5/c1-3-12-36-19-6-8-20(16(2)13-19)27(35)21-7-5-18(15-22(21)29)30-23-9-4-17(28)14-24(23)31-25(32)10-11-26(33)34/h3-9,13-15,30H,1,10-12H2,2H3,(H,31,32)(H,33,34). The summed E-state index contributed by atoms with van der Waals surface area (Å²) in [5.74, 6) is -1.03. The monoisotopic (exact) mass is 570 g/mol. The number of carboxylic acid groups (broad SMARTS) is 1. The topological polar surface area (TPSA) is 105 Å². The van der Waals surface area contributed by atoms with Gasteiger partial charge in [-0.1, -0.05) is 40.2 Å². The molecule has 0 aliphatic rings. The van der Waals surface area contributed by atoms with E-state index in [1.807, 2.05) is 6.92 Å². The molecule has 3 aromatic rings. The number of hydrogen-bond donors (Lipinski definition) is 3. The number of anilines is 3. The first-order valence-corrected chi connectivity index (χ1v) is 12.1. The molecule has 0 radical (unpaired) electrons. The van der Waals surface area contributed by atoms with Gasteiger partial charge in [-0.15, -0.1) is 0 Å². The molecule has 0 heterocycles. The molecule has 0 saturated carbocycles. The van der Waals surface area contributed by atoms with E-state index in [4.69, 9.17) is 21.4 Å². The van der Waals surface area contributed by atoms with E-state index in [1.165, 1.54) is 0 Å². The van der Waals surface area contributed by atoms with Crippen molar-refractivity contribution in [2.75, 3.05) is 17.2 Å². The van der Waals surface area contributed by atoms with Crippen LogP contribution < -0.4 is 15.4 Å².